The summed E-state index contributed by atoms with van der Waals surface area (Å²) in [6.07, 6.45) is 8.46. The van der Waals surface area contributed by atoms with E-state index in [-0.39, 0.29) is 5.97 Å². The number of benzene rings is 2. The van der Waals surface area contributed by atoms with Gasteiger partial charge in [0, 0.05) is 12.3 Å². The predicted octanol–water partition coefficient (Wildman–Crippen LogP) is 7.16. The number of nitrogens with zero attached hydrogens (tertiary/aromatic N) is 1. The maximum atomic E-state index is 12.4. The Balaban J connectivity index is 1.44. The van der Waals surface area contributed by atoms with E-state index in [0.29, 0.717) is 31.3 Å². The fraction of sp³-hybridized carbons (Fsp3) is 0.500. The topological polar surface area (TPSA) is 70.8 Å². The molecule has 0 saturated heterocycles. The van der Waals surface area contributed by atoms with E-state index < -0.39 is 5.60 Å². The number of carbonyl (C=O) groups is 1. The molecule has 1 saturated carbocycles. The van der Waals surface area contributed by atoms with Gasteiger partial charge in [0.1, 0.15) is 17.3 Å². The van der Waals surface area contributed by atoms with Crippen LogP contribution in [0.15, 0.2) is 52.9 Å². The van der Waals surface area contributed by atoms with Gasteiger partial charge in [0.2, 0.25) is 0 Å². The van der Waals surface area contributed by atoms with E-state index in [1.54, 1.807) is 20.8 Å². The first-order chi connectivity index (χ1) is 18.4. The SMILES string of the molecule is CCOC(=O)C(C)(C)Oc1ccc(OCCc2nc(C3CCCCC3)oc2C)cc1CCc1ccccc1. The summed E-state index contributed by atoms with van der Waals surface area (Å²) < 4.78 is 23.6. The lowest BCUT2D eigenvalue weighted by molar-refractivity contribution is -0.158. The van der Waals surface area contributed by atoms with Crippen LogP contribution in [-0.4, -0.2) is 29.8 Å². The Morgan fingerprint density at radius 2 is 1.79 bits per heavy atom. The Morgan fingerprint density at radius 1 is 1.03 bits per heavy atom. The molecule has 6 nitrogen and oxygen atoms in total. The highest BCUT2D eigenvalue weighted by atomic mass is 16.6. The molecule has 3 aromatic rings. The van der Waals surface area contributed by atoms with Gasteiger partial charge >= 0.3 is 5.97 Å². The first kappa shape index (κ1) is 27.7. The van der Waals surface area contributed by atoms with Crippen molar-refractivity contribution in [1.82, 2.24) is 4.98 Å². The average Bonchev–Trinajstić information content (AvgIpc) is 3.30. The number of ether oxygens (including phenoxy) is 3. The Kier molecular flexibility index (Phi) is 9.48. The summed E-state index contributed by atoms with van der Waals surface area (Å²) in [7, 11) is 0. The second kappa shape index (κ2) is 13.0. The number of carbonyl (C=O) groups excluding carboxylic acids is 1. The van der Waals surface area contributed by atoms with Crippen LogP contribution in [0.25, 0.3) is 0 Å². The van der Waals surface area contributed by atoms with Crippen LogP contribution in [0.5, 0.6) is 11.5 Å². The van der Waals surface area contributed by atoms with Gasteiger partial charge in [-0.2, -0.15) is 0 Å². The lowest BCUT2D eigenvalue weighted by Crippen LogP contribution is -2.40. The van der Waals surface area contributed by atoms with Crippen molar-refractivity contribution in [2.45, 2.75) is 90.6 Å². The van der Waals surface area contributed by atoms with Gasteiger partial charge in [-0.3, -0.25) is 0 Å². The second-order valence-electron chi connectivity index (χ2n) is 10.6. The lowest BCUT2D eigenvalue weighted by Gasteiger charge is -2.26. The molecule has 1 aliphatic carbocycles. The van der Waals surface area contributed by atoms with Crippen molar-refractivity contribution >= 4 is 5.97 Å². The van der Waals surface area contributed by atoms with E-state index in [0.717, 1.165) is 41.5 Å². The third-order valence-corrected chi connectivity index (χ3v) is 7.16. The predicted molar refractivity (Wildman–Crippen MR) is 148 cm³/mol. The molecule has 1 heterocycles. The zero-order valence-electron chi connectivity index (χ0n) is 23.3. The van der Waals surface area contributed by atoms with Crippen LogP contribution in [0.3, 0.4) is 0 Å². The summed E-state index contributed by atoms with van der Waals surface area (Å²) in [4.78, 5) is 17.3. The maximum Gasteiger partial charge on any atom is 0.349 e. The third kappa shape index (κ3) is 7.40. The van der Waals surface area contributed by atoms with Crippen molar-refractivity contribution in [3.8, 4) is 11.5 Å². The molecule has 204 valence electrons. The van der Waals surface area contributed by atoms with Crippen LogP contribution in [0, 0.1) is 6.92 Å². The van der Waals surface area contributed by atoms with Crippen LogP contribution in [0.4, 0.5) is 0 Å². The van der Waals surface area contributed by atoms with Gasteiger partial charge in [-0.1, -0.05) is 49.6 Å². The van der Waals surface area contributed by atoms with Gasteiger partial charge in [0.05, 0.1) is 18.9 Å². The molecule has 0 radical (unpaired) electrons. The molecule has 1 aromatic heterocycles. The Labute approximate surface area is 226 Å². The summed E-state index contributed by atoms with van der Waals surface area (Å²) in [5.41, 5.74) is 2.11. The van der Waals surface area contributed by atoms with Crippen molar-refractivity contribution in [2.75, 3.05) is 13.2 Å². The molecule has 0 spiro atoms. The number of aromatic nitrogens is 1. The second-order valence-corrected chi connectivity index (χ2v) is 10.6. The zero-order valence-corrected chi connectivity index (χ0v) is 23.3. The molecular formula is C32H41NO5. The van der Waals surface area contributed by atoms with Crippen molar-refractivity contribution in [3.63, 3.8) is 0 Å². The fourth-order valence-corrected chi connectivity index (χ4v) is 4.96. The molecule has 0 amide bonds. The number of rotatable bonds is 12. The zero-order chi connectivity index (χ0) is 27.0. The van der Waals surface area contributed by atoms with Crippen molar-refractivity contribution in [3.05, 3.63) is 77.0 Å². The van der Waals surface area contributed by atoms with E-state index in [1.165, 1.54) is 37.7 Å². The minimum atomic E-state index is -1.10. The summed E-state index contributed by atoms with van der Waals surface area (Å²) in [6, 6.07) is 16.1. The van der Waals surface area contributed by atoms with E-state index >= 15 is 0 Å². The molecule has 4 rings (SSSR count). The number of oxazole rings is 1. The van der Waals surface area contributed by atoms with Crippen molar-refractivity contribution in [1.29, 1.82) is 0 Å². The van der Waals surface area contributed by atoms with E-state index in [4.69, 9.17) is 23.6 Å². The first-order valence-corrected chi connectivity index (χ1v) is 14.0. The molecule has 0 unspecified atom stereocenters. The number of hydrogen-bond acceptors (Lipinski definition) is 6. The monoisotopic (exact) mass is 519 g/mol. The lowest BCUT2D eigenvalue weighted by atomic mass is 9.89. The van der Waals surface area contributed by atoms with Crippen molar-refractivity contribution < 1.29 is 23.4 Å². The van der Waals surface area contributed by atoms with Gasteiger partial charge in [-0.15, -0.1) is 0 Å². The molecule has 38 heavy (non-hydrogen) atoms. The van der Waals surface area contributed by atoms with E-state index in [1.807, 2.05) is 43.3 Å². The highest BCUT2D eigenvalue weighted by molar-refractivity contribution is 5.79. The minimum Gasteiger partial charge on any atom is -0.493 e. The van der Waals surface area contributed by atoms with Crippen LogP contribution < -0.4 is 9.47 Å². The highest BCUT2D eigenvalue weighted by Crippen LogP contribution is 2.33. The summed E-state index contributed by atoms with van der Waals surface area (Å²) in [6.45, 7) is 8.07. The van der Waals surface area contributed by atoms with Crippen LogP contribution >= 0.6 is 0 Å². The van der Waals surface area contributed by atoms with Crippen LogP contribution in [0.2, 0.25) is 0 Å². The quantitative estimate of drug-likeness (QED) is 0.237. The summed E-state index contributed by atoms with van der Waals surface area (Å²) in [5, 5.41) is 0. The van der Waals surface area contributed by atoms with Gasteiger partial charge < -0.3 is 18.6 Å². The van der Waals surface area contributed by atoms with Gasteiger partial charge in [-0.25, -0.2) is 9.78 Å². The van der Waals surface area contributed by atoms with E-state index in [9.17, 15) is 4.79 Å². The van der Waals surface area contributed by atoms with E-state index in [2.05, 4.69) is 12.1 Å². The summed E-state index contributed by atoms with van der Waals surface area (Å²) in [5.74, 6) is 3.29. The fourth-order valence-electron chi connectivity index (χ4n) is 4.96. The summed E-state index contributed by atoms with van der Waals surface area (Å²) >= 11 is 0. The van der Waals surface area contributed by atoms with Crippen LogP contribution in [-0.2, 0) is 28.8 Å². The van der Waals surface area contributed by atoms with Gasteiger partial charge in [-0.05, 0) is 82.7 Å². The number of aryl methyl sites for hydroxylation is 3. The molecule has 2 aromatic carbocycles. The Bertz CT molecular complexity index is 1180. The molecule has 0 aliphatic heterocycles. The highest BCUT2D eigenvalue weighted by Gasteiger charge is 2.32. The molecule has 0 atom stereocenters. The van der Waals surface area contributed by atoms with Gasteiger partial charge in [0.15, 0.2) is 11.5 Å². The van der Waals surface area contributed by atoms with Crippen LogP contribution in [0.1, 0.15) is 87.3 Å². The largest absolute Gasteiger partial charge is 0.493 e. The number of hydrogen-bond donors (Lipinski definition) is 0. The van der Waals surface area contributed by atoms with Crippen molar-refractivity contribution in [2.24, 2.45) is 0 Å². The Morgan fingerprint density at radius 3 is 2.53 bits per heavy atom. The molecule has 0 N–H and O–H groups in total. The first-order valence-electron chi connectivity index (χ1n) is 14.0. The molecule has 1 aliphatic rings. The molecule has 1 fully saturated rings. The normalized spacial score (nSPS) is 14.3. The average molecular weight is 520 g/mol. The number of esters is 1. The molecule has 6 heteroatoms. The minimum absolute atomic E-state index is 0.312. The van der Waals surface area contributed by atoms with Gasteiger partial charge in [0.25, 0.3) is 0 Å². The molecule has 0 bridgehead atoms. The third-order valence-electron chi connectivity index (χ3n) is 7.16. The molecular weight excluding hydrogens is 478 g/mol. The Hall–Kier alpha value is -3.28. The smallest absolute Gasteiger partial charge is 0.349 e. The maximum absolute atomic E-state index is 12.4. The standard InChI is InChI=1S/C32H41NO5/c1-5-35-31(34)32(3,4)38-29-19-18-27(22-26(29)17-16-24-12-8-6-9-13-24)36-21-20-28-23(2)37-30(33-28)25-14-10-7-11-15-25/h6,8-9,12-13,18-19,22,25H,5,7,10-11,14-17,20-21H2,1-4H3.